The summed E-state index contributed by atoms with van der Waals surface area (Å²) in [6.45, 7) is 0. The van der Waals surface area contributed by atoms with Crippen LogP contribution < -0.4 is 0 Å². The first kappa shape index (κ1) is 17.7. The second kappa shape index (κ2) is 6.79. The number of ketones is 1. The van der Waals surface area contributed by atoms with E-state index < -0.39 is 5.92 Å². The minimum absolute atomic E-state index is 0.0254. The van der Waals surface area contributed by atoms with Crippen molar-refractivity contribution in [3.8, 4) is 11.1 Å². The van der Waals surface area contributed by atoms with Gasteiger partial charge in [-0.1, -0.05) is 6.07 Å². The molecule has 1 saturated carbocycles. The molecule has 0 aliphatic heterocycles. The maximum Gasteiger partial charge on any atom is 0.248 e. The van der Waals surface area contributed by atoms with E-state index in [-0.39, 0.29) is 43.8 Å². The van der Waals surface area contributed by atoms with Crippen molar-refractivity contribution in [1.82, 2.24) is 20.0 Å². The first-order chi connectivity index (χ1) is 12.9. The Balaban J connectivity index is 1.53. The Kier molecular flexibility index (Phi) is 4.45. The highest BCUT2D eigenvalue weighted by atomic mass is 19.3. The van der Waals surface area contributed by atoms with Crippen molar-refractivity contribution < 1.29 is 13.6 Å². The Labute approximate surface area is 155 Å². The monoisotopic (exact) mass is 370 g/mol. The van der Waals surface area contributed by atoms with Crippen LogP contribution >= 0.6 is 0 Å². The molecule has 0 unspecified atom stereocenters. The third kappa shape index (κ3) is 3.86. The molecule has 1 aromatic carbocycles. The van der Waals surface area contributed by atoms with Gasteiger partial charge in [0.15, 0.2) is 0 Å². The van der Waals surface area contributed by atoms with Gasteiger partial charge in [-0.25, -0.2) is 8.78 Å². The zero-order valence-corrected chi connectivity index (χ0v) is 15.0. The molecule has 0 amide bonds. The van der Waals surface area contributed by atoms with Crippen molar-refractivity contribution in [2.45, 2.75) is 38.0 Å². The summed E-state index contributed by atoms with van der Waals surface area (Å²) in [6, 6.07) is 7.70. The number of hydrogen-bond acceptors (Lipinski definition) is 4. The zero-order chi connectivity index (χ0) is 19.0. The fraction of sp³-hybridized carbons (Fsp3) is 0.400. The molecule has 0 bridgehead atoms. The van der Waals surface area contributed by atoms with Gasteiger partial charge in [-0.05, 0) is 36.6 Å². The molecule has 0 atom stereocenters. The minimum Gasteiger partial charge on any atom is -0.299 e. The van der Waals surface area contributed by atoms with E-state index in [9.17, 15) is 13.6 Å². The quantitative estimate of drug-likeness (QED) is 0.697. The molecule has 1 aliphatic rings. The summed E-state index contributed by atoms with van der Waals surface area (Å²) in [5.74, 6) is -2.95. The molecule has 0 saturated heterocycles. The van der Waals surface area contributed by atoms with Crippen molar-refractivity contribution >= 4 is 16.7 Å². The van der Waals surface area contributed by atoms with Gasteiger partial charge in [0, 0.05) is 43.0 Å². The van der Waals surface area contributed by atoms with Crippen molar-refractivity contribution in [2.24, 2.45) is 13.0 Å². The largest absolute Gasteiger partial charge is 0.299 e. The highest BCUT2D eigenvalue weighted by molar-refractivity contribution is 5.86. The number of benzene rings is 1. The third-order valence-corrected chi connectivity index (χ3v) is 5.20. The summed E-state index contributed by atoms with van der Waals surface area (Å²) in [6.07, 6.45) is 3.94. The van der Waals surface area contributed by atoms with Gasteiger partial charge in [0.1, 0.15) is 5.78 Å². The lowest BCUT2D eigenvalue weighted by Crippen LogP contribution is -2.29. The number of Topliss-reactive ketones (excluding diaryl/α,β-unsaturated/α-hetero) is 1. The molecule has 4 rings (SSSR count). The van der Waals surface area contributed by atoms with Crippen LogP contribution in [0.3, 0.4) is 0 Å². The Morgan fingerprint density at radius 3 is 2.67 bits per heavy atom. The SMILES string of the molecule is Cn1cc(-c2ccc3nnc(CC(=O)C4CCC(F)(F)CC4)cc3c2)cn1. The predicted molar refractivity (Wildman–Crippen MR) is 97.4 cm³/mol. The standard InChI is InChI=1S/C20H20F2N4O/c1-26-12-16(11-23-26)14-2-3-18-15(8-14)9-17(24-25-18)10-19(27)13-4-6-20(21,22)7-5-13/h2-3,8-9,11-13H,4-7,10H2,1H3. The van der Waals surface area contributed by atoms with Gasteiger partial charge in [-0.2, -0.15) is 15.3 Å². The number of carbonyl (C=O) groups excluding carboxylic acids is 1. The van der Waals surface area contributed by atoms with Crippen molar-refractivity contribution in [2.75, 3.05) is 0 Å². The third-order valence-electron chi connectivity index (χ3n) is 5.20. The van der Waals surface area contributed by atoms with Crippen LogP contribution in [0, 0.1) is 5.92 Å². The molecule has 27 heavy (non-hydrogen) atoms. The maximum absolute atomic E-state index is 13.3. The lowest BCUT2D eigenvalue weighted by molar-refractivity contribution is -0.126. The van der Waals surface area contributed by atoms with Crippen LogP contribution in [0.15, 0.2) is 36.7 Å². The summed E-state index contributed by atoms with van der Waals surface area (Å²) in [7, 11) is 1.86. The summed E-state index contributed by atoms with van der Waals surface area (Å²) < 4.78 is 28.3. The second-order valence-corrected chi connectivity index (χ2v) is 7.29. The van der Waals surface area contributed by atoms with E-state index >= 15 is 0 Å². The molecule has 5 nitrogen and oxygen atoms in total. The van der Waals surface area contributed by atoms with E-state index in [0.717, 1.165) is 22.0 Å². The van der Waals surface area contributed by atoms with Crippen LogP contribution in [-0.4, -0.2) is 31.7 Å². The first-order valence-electron chi connectivity index (χ1n) is 9.06. The normalized spacial score (nSPS) is 17.3. The number of aryl methyl sites for hydroxylation is 1. The van der Waals surface area contributed by atoms with E-state index in [4.69, 9.17) is 0 Å². The molecule has 140 valence electrons. The van der Waals surface area contributed by atoms with E-state index in [0.29, 0.717) is 5.69 Å². The summed E-state index contributed by atoms with van der Waals surface area (Å²) in [4.78, 5) is 12.5. The highest BCUT2D eigenvalue weighted by Crippen LogP contribution is 2.36. The fourth-order valence-corrected chi connectivity index (χ4v) is 3.61. The van der Waals surface area contributed by atoms with Crippen LogP contribution in [0.1, 0.15) is 31.4 Å². The number of halogens is 2. The van der Waals surface area contributed by atoms with E-state index in [2.05, 4.69) is 15.3 Å². The van der Waals surface area contributed by atoms with Crippen LogP contribution in [0.4, 0.5) is 8.78 Å². The Morgan fingerprint density at radius 1 is 1.19 bits per heavy atom. The average Bonchev–Trinajstić information content (AvgIpc) is 3.07. The number of aromatic nitrogens is 4. The lowest BCUT2D eigenvalue weighted by atomic mass is 9.83. The predicted octanol–water partition coefficient (Wildman–Crippen LogP) is 3.97. The molecule has 1 fully saturated rings. The van der Waals surface area contributed by atoms with Gasteiger partial charge < -0.3 is 0 Å². The van der Waals surface area contributed by atoms with Gasteiger partial charge in [0.25, 0.3) is 0 Å². The molecule has 2 heterocycles. The Hall–Kier alpha value is -2.70. The number of carbonyl (C=O) groups is 1. The average molecular weight is 370 g/mol. The number of fused-ring (bicyclic) bond motifs is 1. The Morgan fingerprint density at radius 2 is 1.96 bits per heavy atom. The van der Waals surface area contributed by atoms with Crippen LogP contribution in [0.25, 0.3) is 22.0 Å². The molecule has 0 spiro atoms. The van der Waals surface area contributed by atoms with Gasteiger partial charge in [-0.3, -0.25) is 9.48 Å². The molecule has 3 aromatic rings. The van der Waals surface area contributed by atoms with E-state index in [1.54, 1.807) is 10.9 Å². The maximum atomic E-state index is 13.3. The summed E-state index contributed by atoms with van der Waals surface area (Å²) >= 11 is 0. The number of rotatable bonds is 4. The molecule has 2 aromatic heterocycles. The molecule has 7 heteroatoms. The smallest absolute Gasteiger partial charge is 0.248 e. The van der Waals surface area contributed by atoms with Gasteiger partial charge >= 0.3 is 0 Å². The fourth-order valence-electron chi connectivity index (χ4n) is 3.61. The second-order valence-electron chi connectivity index (χ2n) is 7.29. The van der Waals surface area contributed by atoms with E-state index in [1.165, 1.54) is 0 Å². The van der Waals surface area contributed by atoms with E-state index in [1.807, 2.05) is 37.5 Å². The van der Waals surface area contributed by atoms with Crippen LogP contribution in [0.5, 0.6) is 0 Å². The lowest BCUT2D eigenvalue weighted by Gasteiger charge is -2.27. The Bertz CT molecular complexity index is 989. The van der Waals surface area contributed by atoms with Crippen LogP contribution in [0.2, 0.25) is 0 Å². The summed E-state index contributed by atoms with van der Waals surface area (Å²) in [5.41, 5.74) is 3.33. The van der Waals surface area contributed by atoms with Gasteiger partial charge in [0.2, 0.25) is 5.92 Å². The van der Waals surface area contributed by atoms with Gasteiger partial charge in [0.05, 0.1) is 23.8 Å². The molecule has 1 aliphatic carbocycles. The first-order valence-corrected chi connectivity index (χ1v) is 9.06. The number of alkyl halides is 2. The van der Waals surface area contributed by atoms with Crippen molar-refractivity contribution in [3.05, 3.63) is 42.4 Å². The summed E-state index contributed by atoms with van der Waals surface area (Å²) in [5, 5.41) is 13.4. The minimum atomic E-state index is -2.62. The molecular weight excluding hydrogens is 350 g/mol. The number of hydrogen-bond donors (Lipinski definition) is 0. The molecular formula is C20H20F2N4O. The number of nitrogens with zero attached hydrogens (tertiary/aromatic N) is 4. The van der Waals surface area contributed by atoms with Crippen molar-refractivity contribution in [3.63, 3.8) is 0 Å². The highest BCUT2D eigenvalue weighted by Gasteiger charge is 2.37. The molecule has 0 N–H and O–H groups in total. The zero-order valence-electron chi connectivity index (χ0n) is 15.0. The van der Waals surface area contributed by atoms with Crippen LogP contribution in [-0.2, 0) is 18.3 Å². The topological polar surface area (TPSA) is 60.7 Å². The van der Waals surface area contributed by atoms with Crippen molar-refractivity contribution in [1.29, 1.82) is 0 Å². The van der Waals surface area contributed by atoms with Gasteiger partial charge in [-0.15, -0.1) is 0 Å². The molecule has 0 radical (unpaired) electrons.